The smallest absolute Gasteiger partial charge is 0.315 e. The van der Waals surface area contributed by atoms with Crippen molar-refractivity contribution >= 4 is 35.6 Å². The Balaban J connectivity index is 0.839. The lowest BCUT2D eigenvalue weighted by Gasteiger charge is -2.23. The van der Waals surface area contributed by atoms with Crippen LogP contribution in [0.25, 0.3) is 11.4 Å². The Hall–Kier alpha value is -5.19. The molecule has 1 aromatic heterocycles. The van der Waals surface area contributed by atoms with Gasteiger partial charge in [0, 0.05) is 48.7 Å². The molecule has 26 heteroatoms. The summed E-state index contributed by atoms with van der Waals surface area (Å²) in [5, 5.41) is 25.0. The van der Waals surface area contributed by atoms with Gasteiger partial charge < -0.3 is 63.5 Å². The lowest BCUT2D eigenvalue weighted by Crippen LogP contribution is -2.37. The van der Waals surface area contributed by atoms with Crippen LogP contribution < -0.4 is 20.7 Å². The first kappa shape index (κ1) is 59.7. The number of thioether (sulfide) groups is 1. The molecule has 3 aromatic rings. The molecule has 2 aromatic carbocycles. The summed E-state index contributed by atoms with van der Waals surface area (Å²) in [6, 6.07) is 7.50. The van der Waals surface area contributed by atoms with Gasteiger partial charge in [-0.1, -0.05) is 30.7 Å². The molecule has 3 N–H and O–H groups in total. The minimum Gasteiger partial charge on any atom is -0.420 e. The van der Waals surface area contributed by atoms with E-state index in [-0.39, 0.29) is 95.3 Å². The van der Waals surface area contributed by atoms with Crippen LogP contribution in [0.1, 0.15) is 43.5 Å². The molecule has 3 heterocycles. The number of hydrogen-bond acceptors (Lipinski definition) is 18. The van der Waals surface area contributed by atoms with Gasteiger partial charge in [-0.25, -0.2) is 13.6 Å². The van der Waals surface area contributed by atoms with Gasteiger partial charge in [0.15, 0.2) is 17.5 Å². The molecule has 3 atom stereocenters. The summed E-state index contributed by atoms with van der Waals surface area (Å²) in [6.45, 7) is 7.09. The number of unbranched alkanes of at least 4 members (excludes halogenated alkanes) is 1. The number of benzene rings is 2. The molecule has 0 saturated carbocycles. The SMILES string of the molecule is Cc1nnc(-c2ccc(CC(=O)NCCOCCOCCOCCOCCN(CCOCCOCCOCCOCCC(=O)Oc3c(F)c(F)cc(F)c3F)C(=O)CCCCC3SC[C@H]4NC(=O)N[C@@H]34)cc2)nn1. The van der Waals surface area contributed by atoms with Crippen LogP contribution in [0.3, 0.4) is 0 Å². The van der Waals surface area contributed by atoms with Gasteiger partial charge in [0.1, 0.15) is 0 Å². The number of carbonyl (C=O) groups is 4. The summed E-state index contributed by atoms with van der Waals surface area (Å²) in [6.07, 6.45) is 2.67. The van der Waals surface area contributed by atoms with E-state index >= 15 is 0 Å². The highest BCUT2D eigenvalue weighted by atomic mass is 32.2. The van der Waals surface area contributed by atoms with Crippen LogP contribution in [-0.4, -0.2) is 198 Å². The highest BCUT2D eigenvalue weighted by molar-refractivity contribution is 8.00. The maximum absolute atomic E-state index is 13.7. The number of esters is 1. The number of nitrogens with one attached hydrogen (secondary N) is 3. The standard InChI is InChI=1S/C48H66F4N8O13S/c1-33-56-58-47(59-57-33)35-8-6-34(7-9-35)30-40(61)53-11-15-66-19-23-70-27-29-72-25-21-68-17-13-60(41(62)5-3-2-4-39-45-38(32-74-39)54-48(64)55-45)12-16-67-20-24-71-28-26-69-22-18-65-14-10-42(63)73-46-43(51)36(49)31-37(50)44(46)52/h6-9,31,38-39,45H,2-5,10-30,32H2,1H3,(H,53,61)(H2,54,55,64)/t38-,39?,45-/m1/s1. The lowest BCUT2D eigenvalue weighted by atomic mass is 10.0. The van der Waals surface area contributed by atoms with Crippen molar-refractivity contribution in [3.05, 3.63) is 65.0 Å². The van der Waals surface area contributed by atoms with Crippen molar-refractivity contribution in [3.8, 4) is 17.1 Å². The predicted molar refractivity (Wildman–Crippen MR) is 258 cm³/mol. The third-order valence-corrected chi connectivity index (χ3v) is 12.6. The molecule has 2 fully saturated rings. The number of amides is 4. The first-order valence-corrected chi connectivity index (χ1v) is 25.6. The van der Waals surface area contributed by atoms with Crippen molar-refractivity contribution in [3.63, 3.8) is 0 Å². The van der Waals surface area contributed by atoms with E-state index < -0.39 is 41.4 Å². The van der Waals surface area contributed by atoms with Crippen LogP contribution >= 0.6 is 11.8 Å². The van der Waals surface area contributed by atoms with Gasteiger partial charge in [-0.05, 0) is 25.3 Å². The summed E-state index contributed by atoms with van der Waals surface area (Å²) in [7, 11) is 0. The van der Waals surface area contributed by atoms with Gasteiger partial charge in [0.05, 0.1) is 131 Å². The molecule has 0 spiro atoms. The fraction of sp³-hybridized carbons (Fsp3) is 0.625. The van der Waals surface area contributed by atoms with Crippen molar-refractivity contribution in [2.45, 2.75) is 62.8 Å². The summed E-state index contributed by atoms with van der Waals surface area (Å²) in [5.74, 6) is -7.93. The Bertz CT molecular complexity index is 2140. The second-order valence-electron chi connectivity index (χ2n) is 16.7. The van der Waals surface area contributed by atoms with E-state index in [4.69, 9.17) is 37.9 Å². The van der Waals surface area contributed by atoms with E-state index in [0.717, 1.165) is 36.1 Å². The molecular formula is C48H66F4N8O13S. The maximum Gasteiger partial charge on any atom is 0.315 e. The third-order valence-electron chi connectivity index (χ3n) is 11.1. The number of urea groups is 1. The average molecular weight is 1070 g/mol. The average Bonchev–Trinajstić information content (AvgIpc) is 3.95. The monoisotopic (exact) mass is 1070 g/mol. The van der Waals surface area contributed by atoms with E-state index in [1.807, 2.05) is 36.0 Å². The van der Waals surface area contributed by atoms with Gasteiger partial charge in [-0.2, -0.15) is 20.5 Å². The van der Waals surface area contributed by atoms with Gasteiger partial charge >= 0.3 is 12.0 Å². The van der Waals surface area contributed by atoms with Crippen LogP contribution in [0, 0.1) is 30.2 Å². The van der Waals surface area contributed by atoms with Gasteiger partial charge in [-0.3, -0.25) is 14.4 Å². The number of hydrogen-bond donors (Lipinski definition) is 3. The number of rotatable bonds is 39. The summed E-state index contributed by atoms with van der Waals surface area (Å²) in [4.78, 5) is 50.9. The zero-order valence-corrected chi connectivity index (χ0v) is 42.3. The first-order chi connectivity index (χ1) is 36.0. The number of aryl methyl sites for hydroxylation is 1. The molecule has 21 nitrogen and oxygen atoms in total. The molecule has 2 saturated heterocycles. The molecule has 2 aliphatic heterocycles. The Morgan fingerprint density at radius 3 is 1.77 bits per heavy atom. The Labute approximate surface area is 431 Å². The highest BCUT2D eigenvalue weighted by Gasteiger charge is 2.42. The van der Waals surface area contributed by atoms with Crippen molar-refractivity contribution < 1.29 is 79.4 Å². The largest absolute Gasteiger partial charge is 0.420 e. The number of nitrogens with zero attached hydrogens (tertiary/aromatic N) is 5. The minimum atomic E-state index is -1.81. The predicted octanol–water partition coefficient (Wildman–Crippen LogP) is 3.14. The first-order valence-electron chi connectivity index (χ1n) is 24.5. The minimum absolute atomic E-state index is 0.000159. The molecule has 2 aliphatic rings. The van der Waals surface area contributed by atoms with Crippen LogP contribution in [0.15, 0.2) is 30.3 Å². The number of aromatic nitrogens is 4. The molecule has 74 heavy (non-hydrogen) atoms. The molecule has 1 unspecified atom stereocenters. The fourth-order valence-electron chi connectivity index (χ4n) is 7.30. The quantitative estimate of drug-likeness (QED) is 0.0186. The van der Waals surface area contributed by atoms with Crippen LogP contribution in [0.4, 0.5) is 22.4 Å². The molecular weight excluding hydrogens is 1000 g/mol. The second kappa shape index (κ2) is 34.4. The Kier molecular flexibility index (Phi) is 27.7. The maximum atomic E-state index is 13.7. The molecule has 0 bridgehead atoms. The van der Waals surface area contributed by atoms with Gasteiger partial charge in [-0.15, -0.1) is 20.4 Å². The highest BCUT2D eigenvalue weighted by Crippen LogP contribution is 2.33. The Morgan fingerprint density at radius 2 is 1.20 bits per heavy atom. The molecule has 0 radical (unpaired) electrons. The molecule has 0 aliphatic carbocycles. The number of ether oxygens (including phenoxy) is 9. The fourth-order valence-corrected chi connectivity index (χ4v) is 8.84. The van der Waals surface area contributed by atoms with Crippen molar-refractivity contribution in [1.29, 1.82) is 0 Å². The normalized spacial score (nSPS) is 16.0. The zero-order valence-electron chi connectivity index (χ0n) is 41.5. The van der Waals surface area contributed by atoms with E-state index in [1.165, 1.54) is 0 Å². The Morgan fingerprint density at radius 1 is 0.676 bits per heavy atom. The summed E-state index contributed by atoms with van der Waals surface area (Å²) < 4.78 is 103. The second-order valence-corrected chi connectivity index (χ2v) is 17.9. The van der Waals surface area contributed by atoms with Gasteiger partial charge in [0.25, 0.3) is 0 Å². The third kappa shape index (κ3) is 22.3. The lowest BCUT2D eigenvalue weighted by molar-refractivity contribution is -0.136. The summed E-state index contributed by atoms with van der Waals surface area (Å²) in [5.41, 5.74) is 1.61. The van der Waals surface area contributed by atoms with Crippen molar-refractivity contribution in [2.24, 2.45) is 0 Å². The van der Waals surface area contributed by atoms with E-state index in [2.05, 4.69) is 41.1 Å². The van der Waals surface area contributed by atoms with Crippen LogP contribution in [-0.2, 0) is 58.7 Å². The van der Waals surface area contributed by atoms with Gasteiger partial charge in [0.2, 0.25) is 35.0 Å². The zero-order chi connectivity index (χ0) is 52.8. The van der Waals surface area contributed by atoms with E-state index in [0.29, 0.717) is 95.8 Å². The van der Waals surface area contributed by atoms with Crippen molar-refractivity contribution in [1.82, 2.24) is 41.2 Å². The molecule has 410 valence electrons. The molecule has 4 amide bonds. The van der Waals surface area contributed by atoms with Crippen LogP contribution in [0.5, 0.6) is 5.75 Å². The number of fused-ring (bicyclic) bond motifs is 1. The number of halogens is 4. The topological polar surface area (TPSA) is 242 Å². The molecule has 5 rings (SSSR count). The van der Waals surface area contributed by atoms with Crippen LogP contribution in [0.2, 0.25) is 0 Å². The van der Waals surface area contributed by atoms with E-state index in [1.54, 1.807) is 11.8 Å². The summed E-state index contributed by atoms with van der Waals surface area (Å²) >= 11 is 1.85. The van der Waals surface area contributed by atoms with Crippen molar-refractivity contribution in [2.75, 3.05) is 131 Å². The van der Waals surface area contributed by atoms with E-state index in [9.17, 15) is 36.7 Å². The number of carbonyl (C=O) groups excluding carboxylic acids is 4.